The fourth-order valence-corrected chi connectivity index (χ4v) is 5.64. The minimum atomic E-state index is -3.27. The molecule has 8 heteroatoms. The van der Waals surface area contributed by atoms with Gasteiger partial charge in [-0.2, -0.15) is 0 Å². The van der Waals surface area contributed by atoms with E-state index in [0.717, 1.165) is 51.0 Å². The van der Waals surface area contributed by atoms with Crippen molar-refractivity contribution in [2.45, 2.75) is 50.2 Å². The number of nitrogens with zero attached hydrogens (tertiary/aromatic N) is 3. The van der Waals surface area contributed by atoms with E-state index in [0.29, 0.717) is 12.5 Å². The van der Waals surface area contributed by atoms with Gasteiger partial charge in [0.25, 0.3) is 0 Å². The van der Waals surface area contributed by atoms with Gasteiger partial charge in [-0.3, -0.25) is 4.98 Å². The van der Waals surface area contributed by atoms with E-state index in [9.17, 15) is 8.42 Å². The highest BCUT2D eigenvalue weighted by atomic mass is 32.2. The summed E-state index contributed by atoms with van der Waals surface area (Å²) in [6.07, 6.45) is 10.0. The summed E-state index contributed by atoms with van der Waals surface area (Å²) in [6, 6.07) is 11.9. The predicted molar refractivity (Wildman–Crippen MR) is 122 cm³/mol. The summed E-state index contributed by atoms with van der Waals surface area (Å²) in [5.74, 6) is 1.52. The summed E-state index contributed by atoms with van der Waals surface area (Å²) in [4.78, 5) is 11.2. The summed E-state index contributed by atoms with van der Waals surface area (Å²) < 4.78 is 32.9. The molecule has 1 N–H and O–H groups in total. The minimum absolute atomic E-state index is 0.0824. The standard InChI is InChI=1S/C23H32N4O3S/c1-31(28,29)26-22-12-15-27(23-7-3-5-14-25-23)16-19(22)17-30-20-10-8-18(9-11-20)21-6-2-4-13-24-21/h2-7,13-14,18-20,22,26H,8-12,15-17H2,1H3/t18?,19?,20?,22-/m0/s1. The van der Waals surface area contributed by atoms with Crippen LogP contribution in [0.25, 0.3) is 0 Å². The van der Waals surface area contributed by atoms with Crippen molar-refractivity contribution >= 4 is 15.8 Å². The van der Waals surface area contributed by atoms with E-state index >= 15 is 0 Å². The van der Waals surface area contributed by atoms with Gasteiger partial charge in [0, 0.05) is 49.1 Å². The molecule has 2 aliphatic rings. The van der Waals surface area contributed by atoms with Crippen molar-refractivity contribution in [3.63, 3.8) is 0 Å². The summed E-state index contributed by atoms with van der Waals surface area (Å²) in [7, 11) is -3.27. The molecule has 0 radical (unpaired) electrons. The van der Waals surface area contributed by atoms with Gasteiger partial charge in [-0.1, -0.05) is 12.1 Å². The Hall–Kier alpha value is -2.03. The van der Waals surface area contributed by atoms with E-state index in [1.54, 1.807) is 6.20 Å². The molecular weight excluding hydrogens is 412 g/mol. The molecule has 168 valence electrons. The molecule has 1 saturated carbocycles. The molecule has 7 nitrogen and oxygen atoms in total. The van der Waals surface area contributed by atoms with E-state index in [1.807, 2.05) is 30.5 Å². The molecule has 1 aliphatic carbocycles. The fraction of sp³-hybridized carbons (Fsp3) is 0.565. The lowest BCUT2D eigenvalue weighted by molar-refractivity contribution is -0.00232. The number of hydrogen-bond acceptors (Lipinski definition) is 6. The molecule has 2 aromatic rings. The van der Waals surface area contributed by atoms with Crippen LogP contribution in [0.15, 0.2) is 48.8 Å². The van der Waals surface area contributed by atoms with Crippen LogP contribution in [0.1, 0.15) is 43.7 Å². The number of anilines is 1. The van der Waals surface area contributed by atoms with Crippen LogP contribution in [0.5, 0.6) is 0 Å². The Morgan fingerprint density at radius 1 is 1.03 bits per heavy atom. The maximum atomic E-state index is 11.9. The first-order valence-electron chi connectivity index (χ1n) is 11.1. The summed E-state index contributed by atoms with van der Waals surface area (Å²) >= 11 is 0. The van der Waals surface area contributed by atoms with Crippen molar-refractivity contribution in [3.8, 4) is 0 Å². The highest BCUT2D eigenvalue weighted by molar-refractivity contribution is 7.88. The number of rotatable bonds is 7. The Labute approximate surface area is 185 Å². The van der Waals surface area contributed by atoms with Crippen LogP contribution in [0.2, 0.25) is 0 Å². The van der Waals surface area contributed by atoms with Gasteiger partial charge < -0.3 is 9.64 Å². The Morgan fingerprint density at radius 3 is 2.42 bits per heavy atom. The van der Waals surface area contributed by atoms with Gasteiger partial charge in [-0.05, 0) is 56.4 Å². The SMILES string of the molecule is CS(=O)(=O)N[C@H]1CCN(c2ccccn2)CC1COC1CCC(c2ccccn2)CC1. The van der Waals surface area contributed by atoms with Gasteiger partial charge >= 0.3 is 0 Å². The van der Waals surface area contributed by atoms with E-state index in [-0.39, 0.29) is 18.1 Å². The number of aromatic nitrogens is 2. The summed E-state index contributed by atoms with van der Waals surface area (Å²) in [5.41, 5.74) is 1.18. The summed E-state index contributed by atoms with van der Waals surface area (Å²) in [6.45, 7) is 2.05. The normalized spacial score (nSPS) is 27.2. The molecule has 1 saturated heterocycles. The minimum Gasteiger partial charge on any atom is -0.378 e. The lowest BCUT2D eigenvalue weighted by Crippen LogP contribution is -2.52. The maximum Gasteiger partial charge on any atom is 0.208 e. The molecule has 1 aliphatic heterocycles. The number of ether oxygens (including phenoxy) is 1. The lowest BCUT2D eigenvalue weighted by atomic mass is 9.85. The zero-order valence-electron chi connectivity index (χ0n) is 18.1. The van der Waals surface area contributed by atoms with E-state index < -0.39 is 10.0 Å². The van der Waals surface area contributed by atoms with Crippen molar-refractivity contribution < 1.29 is 13.2 Å². The van der Waals surface area contributed by atoms with Crippen molar-refractivity contribution in [2.75, 3.05) is 30.9 Å². The van der Waals surface area contributed by atoms with Crippen LogP contribution < -0.4 is 9.62 Å². The van der Waals surface area contributed by atoms with Crippen molar-refractivity contribution in [1.29, 1.82) is 0 Å². The number of nitrogens with one attached hydrogen (secondary N) is 1. The highest BCUT2D eigenvalue weighted by Gasteiger charge is 2.33. The first kappa shape index (κ1) is 22.2. The van der Waals surface area contributed by atoms with Crippen LogP contribution in [0, 0.1) is 5.92 Å². The Morgan fingerprint density at radius 2 is 1.77 bits per heavy atom. The second kappa shape index (κ2) is 10.1. The molecule has 0 aromatic carbocycles. The molecule has 0 spiro atoms. The molecule has 3 heterocycles. The molecule has 2 fully saturated rings. The molecule has 4 rings (SSSR count). The van der Waals surface area contributed by atoms with Crippen LogP contribution in [0.3, 0.4) is 0 Å². The second-order valence-corrected chi connectivity index (χ2v) is 10.5. The van der Waals surface area contributed by atoms with Crippen molar-refractivity contribution in [2.24, 2.45) is 5.92 Å². The van der Waals surface area contributed by atoms with Gasteiger partial charge in [0.2, 0.25) is 10.0 Å². The van der Waals surface area contributed by atoms with Crippen LogP contribution >= 0.6 is 0 Å². The largest absolute Gasteiger partial charge is 0.378 e. The van der Waals surface area contributed by atoms with Gasteiger partial charge in [0.15, 0.2) is 0 Å². The molecule has 2 atom stereocenters. The zero-order chi connectivity index (χ0) is 21.7. The van der Waals surface area contributed by atoms with Gasteiger partial charge in [0.1, 0.15) is 5.82 Å². The Balaban J connectivity index is 1.34. The van der Waals surface area contributed by atoms with Crippen LogP contribution in [0.4, 0.5) is 5.82 Å². The number of piperidine rings is 1. The summed E-state index contributed by atoms with van der Waals surface area (Å²) in [5, 5.41) is 0. The van der Waals surface area contributed by atoms with Crippen LogP contribution in [-0.2, 0) is 14.8 Å². The third-order valence-electron chi connectivity index (χ3n) is 6.40. The number of hydrogen-bond donors (Lipinski definition) is 1. The van der Waals surface area contributed by atoms with E-state index in [1.165, 1.54) is 11.9 Å². The van der Waals surface area contributed by atoms with Crippen molar-refractivity contribution in [3.05, 3.63) is 54.5 Å². The van der Waals surface area contributed by atoms with E-state index in [4.69, 9.17) is 4.74 Å². The smallest absolute Gasteiger partial charge is 0.208 e. The van der Waals surface area contributed by atoms with Crippen molar-refractivity contribution in [1.82, 2.24) is 14.7 Å². The Kier molecular flexibility index (Phi) is 7.20. The average Bonchev–Trinajstić information content (AvgIpc) is 2.79. The topological polar surface area (TPSA) is 84.4 Å². The van der Waals surface area contributed by atoms with Crippen LogP contribution in [-0.4, -0.2) is 56.5 Å². The lowest BCUT2D eigenvalue weighted by Gasteiger charge is -2.40. The maximum absolute atomic E-state index is 11.9. The molecule has 2 aromatic heterocycles. The number of pyridine rings is 2. The highest BCUT2D eigenvalue weighted by Crippen LogP contribution is 2.33. The van der Waals surface area contributed by atoms with Gasteiger partial charge in [-0.25, -0.2) is 18.1 Å². The Bertz CT molecular complexity index is 918. The third kappa shape index (κ3) is 6.24. The first-order valence-corrected chi connectivity index (χ1v) is 13.0. The monoisotopic (exact) mass is 444 g/mol. The fourth-order valence-electron chi connectivity index (χ4n) is 4.78. The molecule has 1 unspecified atom stereocenters. The van der Waals surface area contributed by atoms with Gasteiger partial charge in [-0.15, -0.1) is 0 Å². The third-order valence-corrected chi connectivity index (χ3v) is 7.13. The first-order chi connectivity index (χ1) is 15.0. The second-order valence-electron chi connectivity index (χ2n) is 8.74. The predicted octanol–water partition coefficient (Wildman–Crippen LogP) is 2.96. The van der Waals surface area contributed by atoms with Gasteiger partial charge in [0.05, 0.1) is 19.0 Å². The molecule has 0 bridgehead atoms. The zero-order valence-corrected chi connectivity index (χ0v) is 18.9. The molecular formula is C23H32N4O3S. The molecule has 31 heavy (non-hydrogen) atoms. The number of sulfonamides is 1. The quantitative estimate of drug-likeness (QED) is 0.707. The average molecular weight is 445 g/mol. The van der Waals surface area contributed by atoms with E-state index in [2.05, 4.69) is 31.7 Å². The molecule has 0 amide bonds.